The molecule has 1 amide bonds. The van der Waals surface area contributed by atoms with Crippen LogP contribution in [-0.4, -0.2) is 76.8 Å². The Morgan fingerprint density at radius 3 is 2.71 bits per heavy atom. The molecule has 0 spiro atoms. The summed E-state index contributed by atoms with van der Waals surface area (Å²) < 4.78 is 12.3. The van der Waals surface area contributed by atoms with E-state index in [1.807, 2.05) is 32.9 Å². The smallest absolute Gasteiger partial charge is 0.293 e. The first kappa shape index (κ1) is 29.0. The number of hydrogen-bond acceptors (Lipinski definition) is 9. The first-order valence-electron chi connectivity index (χ1n) is 13.2. The number of carbonyl (C=O) groups is 1. The van der Waals surface area contributed by atoms with Crippen LogP contribution in [0.1, 0.15) is 33.6 Å². The van der Waals surface area contributed by atoms with Crippen molar-refractivity contribution in [1.29, 1.82) is 0 Å². The topological polar surface area (TPSA) is 137 Å². The Kier molecular flexibility index (Phi) is 11.0. The number of fused-ring (bicyclic) bond motifs is 1. The Balaban J connectivity index is 0.00000195. The van der Waals surface area contributed by atoms with Gasteiger partial charge in [-0.3, -0.25) is 14.6 Å². The predicted molar refractivity (Wildman–Crippen MR) is 148 cm³/mol. The number of rotatable bonds is 11. The highest BCUT2D eigenvalue weighted by molar-refractivity contribution is 5.80. The number of nitrogens with zero attached hydrogens (tertiary/aromatic N) is 5. The first-order valence-corrected chi connectivity index (χ1v) is 13.2. The van der Waals surface area contributed by atoms with Gasteiger partial charge in [0.15, 0.2) is 5.82 Å². The molecule has 3 aromatic heterocycles. The maximum absolute atomic E-state index is 13.4. The highest BCUT2D eigenvalue weighted by Gasteiger charge is 2.23. The molecule has 1 aliphatic heterocycles. The quantitative estimate of drug-likeness (QED) is 0.362. The van der Waals surface area contributed by atoms with Gasteiger partial charge in [0.05, 0.1) is 37.0 Å². The van der Waals surface area contributed by atoms with Gasteiger partial charge in [-0.25, -0.2) is 9.97 Å². The summed E-state index contributed by atoms with van der Waals surface area (Å²) in [7, 11) is 1.56. The molecule has 1 aliphatic rings. The highest BCUT2D eigenvalue weighted by atomic mass is 16.5. The maximum Gasteiger partial charge on any atom is 0.293 e. The lowest BCUT2D eigenvalue weighted by molar-refractivity contribution is -0.123. The molecule has 11 nitrogen and oxygen atoms in total. The molecule has 206 valence electrons. The molecule has 0 radical (unpaired) electrons. The number of nitrogens with one attached hydrogen (secondary N) is 1. The molecule has 4 rings (SSSR count). The van der Waals surface area contributed by atoms with E-state index in [4.69, 9.17) is 15.2 Å². The Morgan fingerprint density at radius 1 is 1.21 bits per heavy atom. The van der Waals surface area contributed by atoms with Crippen LogP contribution in [0.25, 0.3) is 22.3 Å². The van der Waals surface area contributed by atoms with Gasteiger partial charge in [0.2, 0.25) is 11.8 Å². The lowest BCUT2D eigenvalue weighted by Gasteiger charge is -2.31. The number of primary amides is 1. The minimum atomic E-state index is -0.252. The van der Waals surface area contributed by atoms with Crippen LogP contribution in [0.2, 0.25) is 0 Å². The van der Waals surface area contributed by atoms with E-state index in [0.717, 1.165) is 24.9 Å². The standard InChI is InChI=1S/C25H33N7O4.C2H6/c1-3-36-12-11-32-21-13-19(17-6-7-22(35-2)29-14-17)28-15-20(21)30-24(25(32)34)27-8-10-31-9-4-5-18(16-31)23(26)33;1-2/h6-7,13-15,18H,3-5,8-12,16H2,1-2H3,(H2,26,33)(H,27,30);1-2H3. The molecule has 0 bridgehead atoms. The van der Waals surface area contributed by atoms with Gasteiger partial charge in [0.25, 0.3) is 5.56 Å². The SMILES string of the molecule is CC.CCOCCn1c(=O)c(NCCN2CCCC(C(N)=O)C2)nc2cnc(-c3ccc(OC)nc3)cc21. The van der Waals surface area contributed by atoms with Crippen molar-refractivity contribution in [3.63, 3.8) is 0 Å². The summed E-state index contributed by atoms with van der Waals surface area (Å²) in [6.07, 6.45) is 5.11. The van der Waals surface area contributed by atoms with Crippen LogP contribution in [0, 0.1) is 5.92 Å². The zero-order chi connectivity index (χ0) is 27.5. The van der Waals surface area contributed by atoms with E-state index in [-0.39, 0.29) is 23.2 Å². The van der Waals surface area contributed by atoms with Crippen LogP contribution >= 0.6 is 0 Å². The molecule has 1 saturated heterocycles. The largest absolute Gasteiger partial charge is 0.481 e. The van der Waals surface area contributed by atoms with Crippen molar-refractivity contribution in [1.82, 2.24) is 24.4 Å². The molecule has 3 N–H and O–H groups in total. The fraction of sp³-hybridized carbons (Fsp3) is 0.519. The Labute approximate surface area is 223 Å². The molecule has 0 aliphatic carbocycles. The summed E-state index contributed by atoms with van der Waals surface area (Å²) in [6, 6.07) is 5.48. The average Bonchev–Trinajstić information content (AvgIpc) is 2.96. The monoisotopic (exact) mass is 525 g/mol. The van der Waals surface area contributed by atoms with Crippen LogP contribution in [0.3, 0.4) is 0 Å². The van der Waals surface area contributed by atoms with Gasteiger partial charge in [0.1, 0.15) is 5.52 Å². The molecular formula is C27H39N7O4. The second kappa shape index (κ2) is 14.4. The molecule has 11 heteroatoms. The second-order valence-corrected chi connectivity index (χ2v) is 8.73. The van der Waals surface area contributed by atoms with Gasteiger partial charge in [0, 0.05) is 50.6 Å². The summed E-state index contributed by atoms with van der Waals surface area (Å²) in [5.74, 6) is 0.413. The summed E-state index contributed by atoms with van der Waals surface area (Å²) in [4.78, 5) is 40.5. The number of hydrogen-bond donors (Lipinski definition) is 2. The molecule has 4 heterocycles. The van der Waals surface area contributed by atoms with Crippen molar-refractivity contribution in [2.24, 2.45) is 11.7 Å². The number of ether oxygens (including phenoxy) is 2. The van der Waals surface area contributed by atoms with E-state index in [1.165, 1.54) is 0 Å². The third-order valence-electron chi connectivity index (χ3n) is 6.37. The Hall–Kier alpha value is -3.57. The van der Waals surface area contributed by atoms with Gasteiger partial charge in [-0.1, -0.05) is 13.8 Å². The number of aromatic nitrogens is 4. The first-order chi connectivity index (χ1) is 18.5. The van der Waals surface area contributed by atoms with Gasteiger partial charge >= 0.3 is 0 Å². The normalized spacial score (nSPS) is 15.5. The van der Waals surface area contributed by atoms with E-state index in [0.29, 0.717) is 62.0 Å². The van der Waals surface area contributed by atoms with Crippen LogP contribution in [-0.2, 0) is 16.1 Å². The van der Waals surface area contributed by atoms with Crippen LogP contribution in [0.15, 0.2) is 35.4 Å². The van der Waals surface area contributed by atoms with Gasteiger partial charge in [-0.05, 0) is 38.4 Å². The molecule has 0 aromatic carbocycles. The Morgan fingerprint density at radius 2 is 2.03 bits per heavy atom. The number of piperidine rings is 1. The summed E-state index contributed by atoms with van der Waals surface area (Å²) in [5.41, 5.74) is 8.03. The summed E-state index contributed by atoms with van der Waals surface area (Å²) >= 11 is 0. The molecule has 1 fully saturated rings. The van der Waals surface area contributed by atoms with Crippen LogP contribution < -0.4 is 21.3 Å². The van der Waals surface area contributed by atoms with Gasteiger partial charge < -0.3 is 30.0 Å². The maximum atomic E-state index is 13.4. The van der Waals surface area contributed by atoms with Crippen molar-refractivity contribution >= 4 is 22.8 Å². The highest BCUT2D eigenvalue weighted by Crippen LogP contribution is 2.22. The van der Waals surface area contributed by atoms with E-state index >= 15 is 0 Å². The lowest BCUT2D eigenvalue weighted by atomic mass is 9.97. The number of likely N-dealkylation sites (tertiary alicyclic amines) is 1. The van der Waals surface area contributed by atoms with Crippen molar-refractivity contribution < 1.29 is 14.3 Å². The predicted octanol–water partition coefficient (Wildman–Crippen LogP) is 2.53. The summed E-state index contributed by atoms with van der Waals surface area (Å²) in [5, 5.41) is 3.19. The van der Waals surface area contributed by atoms with Gasteiger partial charge in [-0.2, -0.15) is 0 Å². The minimum Gasteiger partial charge on any atom is -0.481 e. The Bertz CT molecular complexity index is 1250. The van der Waals surface area contributed by atoms with Crippen molar-refractivity contribution in [2.75, 3.05) is 51.8 Å². The van der Waals surface area contributed by atoms with E-state index < -0.39 is 0 Å². The third kappa shape index (κ3) is 7.26. The molecular weight excluding hydrogens is 486 g/mol. The fourth-order valence-corrected chi connectivity index (χ4v) is 4.42. The number of anilines is 1. The molecule has 1 atom stereocenters. The van der Waals surface area contributed by atoms with Crippen molar-refractivity contribution in [2.45, 2.75) is 40.2 Å². The van der Waals surface area contributed by atoms with Crippen molar-refractivity contribution in [3.8, 4) is 17.1 Å². The number of methoxy groups -OCH3 is 1. The average molecular weight is 526 g/mol. The number of carbonyl (C=O) groups excluding carboxylic acids is 1. The van der Waals surface area contributed by atoms with E-state index in [2.05, 4.69) is 25.2 Å². The molecule has 38 heavy (non-hydrogen) atoms. The molecule has 3 aromatic rings. The second-order valence-electron chi connectivity index (χ2n) is 8.73. The number of pyridine rings is 2. The van der Waals surface area contributed by atoms with E-state index in [1.54, 1.807) is 30.1 Å². The molecule has 0 saturated carbocycles. The van der Waals surface area contributed by atoms with Crippen LogP contribution in [0.5, 0.6) is 5.88 Å². The van der Waals surface area contributed by atoms with Crippen LogP contribution in [0.4, 0.5) is 5.82 Å². The zero-order valence-corrected chi connectivity index (χ0v) is 22.8. The third-order valence-corrected chi connectivity index (χ3v) is 6.37. The fourth-order valence-electron chi connectivity index (χ4n) is 4.42. The van der Waals surface area contributed by atoms with Crippen molar-refractivity contribution in [3.05, 3.63) is 40.9 Å². The van der Waals surface area contributed by atoms with E-state index in [9.17, 15) is 9.59 Å². The van der Waals surface area contributed by atoms with Gasteiger partial charge in [-0.15, -0.1) is 0 Å². The number of amides is 1. The minimum absolute atomic E-state index is 0.116. The lowest BCUT2D eigenvalue weighted by Crippen LogP contribution is -2.43. The number of nitrogens with two attached hydrogens (primary N) is 1. The summed E-state index contributed by atoms with van der Waals surface area (Å²) in [6.45, 7) is 10.0. The zero-order valence-electron chi connectivity index (χ0n) is 22.8. The molecule has 1 unspecified atom stereocenters.